The number of carbonyl (C=O) groups excluding carboxylic acids is 4. The first kappa shape index (κ1) is 36.3. The maximum absolute atomic E-state index is 15.0. The molecule has 5 bridgehead atoms. The fourth-order valence-electron chi connectivity index (χ4n) is 8.03. The number of cyclic esters (lactones) is 1. The van der Waals surface area contributed by atoms with Crippen molar-refractivity contribution in [2.24, 2.45) is 11.8 Å². The van der Waals surface area contributed by atoms with Gasteiger partial charge in [-0.25, -0.2) is 0 Å². The Morgan fingerprint density at radius 1 is 1.02 bits per heavy atom. The fourth-order valence-corrected chi connectivity index (χ4v) is 8.03. The average molecular weight is 701 g/mol. The number of benzene rings is 2. The second-order valence-corrected chi connectivity index (χ2v) is 13.5. The number of ether oxygens (including phenoxy) is 3. The van der Waals surface area contributed by atoms with E-state index >= 15 is 4.79 Å². The molecule has 12 heteroatoms. The number of aliphatic hydroxyl groups excluding tert-OH is 1. The maximum Gasteiger partial charge on any atom is 0.313 e. The minimum absolute atomic E-state index is 0.0611. The van der Waals surface area contributed by atoms with E-state index in [1.165, 1.54) is 12.0 Å². The van der Waals surface area contributed by atoms with Crippen LogP contribution in [0.15, 0.2) is 78.9 Å². The number of anilines is 2. The van der Waals surface area contributed by atoms with Gasteiger partial charge >= 0.3 is 5.97 Å². The Labute approximate surface area is 299 Å². The van der Waals surface area contributed by atoms with Crippen molar-refractivity contribution in [3.63, 3.8) is 0 Å². The number of rotatable bonds is 9. The van der Waals surface area contributed by atoms with Crippen LogP contribution in [0.4, 0.5) is 11.4 Å². The second kappa shape index (κ2) is 15.4. The van der Waals surface area contributed by atoms with E-state index in [0.29, 0.717) is 17.7 Å². The molecule has 2 saturated heterocycles. The summed E-state index contributed by atoms with van der Waals surface area (Å²) >= 11 is 0. The third kappa shape index (κ3) is 6.68. The first-order valence-electron chi connectivity index (χ1n) is 17.8. The van der Waals surface area contributed by atoms with Crippen LogP contribution in [0.1, 0.15) is 45.3 Å². The molecule has 4 heterocycles. The van der Waals surface area contributed by atoms with Gasteiger partial charge in [-0.05, 0) is 57.0 Å². The first-order chi connectivity index (χ1) is 24.7. The highest BCUT2D eigenvalue weighted by Gasteiger charge is 2.74. The Morgan fingerprint density at radius 3 is 2.41 bits per heavy atom. The molecule has 8 atom stereocenters. The summed E-state index contributed by atoms with van der Waals surface area (Å²) in [6.07, 6.45) is 5.95. The van der Waals surface area contributed by atoms with Gasteiger partial charge in [0, 0.05) is 44.5 Å². The molecule has 12 nitrogen and oxygen atoms in total. The molecule has 2 aromatic carbocycles. The molecule has 51 heavy (non-hydrogen) atoms. The number of likely N-dealkylation sites (tertiary alicyclic amines) is 1. The lowest BCUT2D eigenvalue weighted by atomic mass is 9.74. The highest BCUT2D eigenvalue weighted by molar-refractivity contribution is 6.05. The van der Waals surface area contributed by atoms with Gasteiger partial charge in [0.2, 0.25) is 11.8 Å². The summed E-state index contributed by atoms with van der Waals surface area (Å²) in [5.41, 5.74) is 0.798. The van der Waals surface area contributed by atoms with Crippen molar-refractivity contribution in [2.75, 3.05) is 49.8 Å². The van der Waals surface area contributed by atoms with Crippen molar-refractivity contribution in [1.82, 2.24) is 10.2 Å². The van der Waals surface area contributed by atoms with Crippen LogP contribution in [0.2, 0.25) is 0 Å². The van der Waals surface area contributed by atoms with Gasteiger partial charge in [-0.15, -0.1) is 0 Å². The number of nitrogens with one attached hydrogen (secondary N) is 1. The molecule has 2 N–H and O–H groups in total. The lowest BCUT2D eigenvalue weighted by Crippen LogP contribution is -2.58. The Morgan fingerprint density at radius 2 is 1.75 bits per heavy atom. The van der Waals surface area contributed by atoms with Crippen molar-refractivity contribution in [3.8, 4) is 0 Å². The predicted molar refractivity (Wildman–Crippen MR) is 191 cm³/mol. The standard InChI is InChI=1S/C39H48N4O8/c1-5-41(6-2)27-16-18-28(19-17-27)42-22-12-8-11-15-31(45)40-29(24-49-4)34(26-13-9-7-10-14-26)50-38(48)32-30-20-21-39(51-30)33(32)36(46)43(25(3)23-44)35(39)37(42)47/h7-10,12-14,16-21,25,29-30,32-35,44H,5-6,11,15,22-24H2,1-4H3,(H,40,45)/b12-8-/t25-,29-,30+,32-,33-,34-,35+,39-/m1/s1. The van der Waals surface area contributed by atoms with E-state index in [-0.39, 0.29) is 25.5 Å². The second-order valence-electron chi connectivity index (χ2n) is 13.5. The Kier molecular flexibility index (Phi) is 10.9. The van der Waals surface area contributed by atoms with E-state index in [9.17, 15) is 19.5 Å². The molecule has 4 aliphatic heterocycles. The lowest BCUT2D eigenvalue weighted by Gasteiger charge is -2.38. The molecule has 0 unspecified atom stereocenters. The van der Waals surface area contributed by atoms with Crippen LogP contribution in [-0.4, -0.2) is 103 Å². The highest BCUT2D eigenvalue weighted by atomic mass is 16.6. The van der Waals surface area contributed by atoms with Gasteiger partial charge in [-0.2, -0.15) is 0 Å². The summed E-state index contributed by atoms with van der Waals surface area (Å²) in [6.45, 7) is 7.30. The highest BCUT2D eigenvalue weighted by Crippen LogP contribution is 2.56. The number of methoxy groups -OCH3 is 1. The van der Waals surface area contributed by atoms with E-state index in [0.717, 1.165) is 18.8 Å². The smallest absolute Gasteiger partial charge is 0.313 e. The molecule has 0 radical (unpaired) electrons. The average Bonchev–Trinajstić information content (AvgIpc) is 3.79. The molecule has 0 aromatic heterocycles. The summed E-state index contributed by atoms with van der Waals surface area (Å²) in [5, 5.41) is 13.4. The number of aliphatic hydroxyl groups is 1. The molecule has 2 aromatic rings. The van der Waals surface area contributed by atoms with Crippen LogP contribution in [-0.2, 0) is 33.4 Å². The largest absolute Gasteiger partial charge is 0.455 e. The van der Waals surface area contributed by atoms with Crippen molar-refractivity contribution in [3.05, 3.63) is 84.5 Å². The number of hydrogen-bond donors (Lipinski definition) is 2. The van der Waals surface area contributed by atoms with Gasteiger partial charge < -0.3 is 39.3 Å². The molecule has 4 aliphatic rings. The van der Waals surface area contributed by atoms with Gasteiger partial charge in [0.25, 0.3) is 5.91 Å². The Bertz CT molecular complexity index is 1640. The molecule has 6 rings (SSSR count). The predicted octanol–water partition coefficient (Wildman–Crippen LogP) is 3.16. The Hall–Kier alpha value is -4.52. The topological polar surface area (TPSA) is 138 Å². The van der Waals surface area contributed by atoms with E-state index in [2.05, 4.69) is 24.1 Å². The monoisotopic (exact) mass is 700 g/mol. The van der Waals surface area contributed by atoms with Crippen molar-refractivity contribution < 1.29 is 38.5 Å². The molecule has 3 amide bonds. The van der Waals surface area contributed by atoms with Crippen molar-refractivity contribution in [2.45, 2.75) is 69.5 Å². The number of amides is 3. The number of esters is 1. The fraction of sp³-hybridized carbons (Fsp3) is 0.487. The summed E-state index contributed by atoms with van der Waals surface area (Å²) < 4.78 is 18.3. The van der Waals surface area contributed by atoms with E-state index < -0.39 is 72.2 Å². The van der Waals surface area contributed by atoms with Gasteiger partial charge in [0.1, 0.15) is 23.7 Å². The minimum atomic E-state index is -1.47. The van der Waals surface area contributed by atoms with Crippen LogP contribution in [0.3, 0.4) is 0 Å². The molecule has 1 spiro atoms. The number of carbonyl (C=O) groups is 4. The lowest BCUT2D eigenvalue weighted by molar-refractivity contribution is -0.162. The number of fused-ring (bicyclic) bond motifs is 2. The zero-order valence-electron chi connectivity index (χ0n) is 29.6. The zero-order chi connectivity index (χ0) is 36.3. The first-order valence-corrected chi connectivity index (χ1v) is 17.8. The van der Waals surface area contributed by atoms with Crippen molar-refractivity contribution in [1.29, 1.82) is 0 Å². The normalized spacial score (nSPS) is 30.6. The molecule has 0 aliphatic carbocycles. The zero-order valence-corrected chi connectivity index (χ0v) is 29.6. The molecule has 0 saturated carbocycles. The maximum atomic E-state index is 15.0. The van der Waals surface area contributed by atoms with E-state index in [1.807, 2.05) is 54.6 Å². The number of nitrogens with zero attached hydrogens (tertiary/aromatic N) is 3. The molecular weight excluding hydrogens is 652 g/mol. The van der Waals surface area contributed by atoms with Crippen LogP contribution >= 0.6 is 0 Å². The van der Waals surface area contributed by atoms with Crippen LogP contribution < -0.4 is 15.1 Å². The number of allylic oxidation sites excluding steroid dienone is 1. The van der Waals surface area contributed by atoms with Crippen LogP contribution in [0, 0.1) is 11.8 Å². The third-order valence-corrected chi connectivity index (χ3v) is 10.5. The van der Waals surface area contributed by atoms with Crippen LogP contribution in [0.5, 0.6) is 0 Å². The van der Waals surface area contributed by atoms with Crippen LogP contribution in [0.25, 0.3) is 0 Å². The van der Waals surface area contributed by atoms with Gasteiger partial charge in [-0.1, -0.05) is 54.6 Å². The van der Waals surface area contributed by atoms with E-state index in [4.69, 9.17) is 14.2 Å². The summed E-state index contributed by atoms with van der Waals surface area (Å²) in [5.74, 6) is -3.96. The summed E-state index contributed by atoms with van der Waals surface area (Å²) in [6, 6.07) is 14.1. The summed E-state index contributed by atoms with van der Waals surface area (Å²) in [4.78, 5) is 62.4. The van der Waals surface area contributed by atoms with Gasteiger partial charge in [0.15, 0.2) is 0 Å². The molecule has 2 fully saturated rings. The molecular formula is C39H48N4O8. The number of hydrogen-bond acceptors (Lipinski definition) is 9. The SMILES string of the molecule is CCN(CC)c1ccc(N2C/C=C\CCC(=O)N[C@H](COC)[C@@H](c3ccccc3)OC(=O)[C@@H]3[C@@H]4C=C[C@]5(O4)[C@H](C2=O)N([C@H](C)CO)C(=O)[C@@H]35)cc1. The van der Waals surface area contributed by atoms with Crippen molar-refractivity contribution >= 4 is 35.1 Å². The van der Waals surface area contributed by atoms with E-state index in [1.54, 1.807) is 36.1 Å². The summed E-state index contributed by atoms with van der Waals surface area (Å²) in [7, 11) is 1.51. The molecule has 272 valence electrons. The van der Waals surface area contributed by atoms with Gasteiger partial charge in [-0.3, -0.25) is 19.2 Å². The quantitative estimate of drug-likeness (QED) is 0.299. The minimum Gasteiger partial charge on any atom is -0.455 e. The third-order valence-electron chi connectivity index (χ3n) is 10.5. The van der Waals surface area contributed by atoms with Gasteiger partial charge in [0.05, 0.1) is 37.3 Å². The Balaban J connectivity index is 1.45.